The van der Waals surface area contributed by atoms with Crippen molar-refractivity contribution in [3.8, 4) is 0 Å². The first-order valence-electron chi connectivity index (χ1n) is 9.58. The number of hydrogen-bond acceptors (Lipinski definition) is 3. The first-order chi connectivity index (χ1) is 13.3. The van der Waals surface area contributed by atoms with Gasteiger partial charge in [-0.25, -0.2) is 0 Å². The highest BCUT2D eigenvalue weighted by Crippen LogP contribution is 2.29. The summed E-state index contributed by atoms with van der Waals surface area (Å²) in [5, 5.41) is 12.2. The summed E-state index contributed by atoms with van der Waals surface area (Å²) in [5.41, 5.74) is 3.87. The molecule has 5 nitrogen and oxygen atoms in total. The van der Waals surface area contributed by atoms with Crippen molar-refractivity contribution in [2.24, 2.45) is 0 Å². The number of nitrogens with one attached hydrogen (secondary N) is 1. The van der Waals surface area contributed by atoms with Gasteiger partial charge in [-0.05, 0) is 34.1 Å². The molecule has 2 N–H and O–H groups in total. The average molecular weight is 381 g/mol. The molecule has 1 heterocycles. The zero-order valence-corrected chi connectivity index (χ0v) is 16.6. The summed E-state index contributed by atoms with van der Waals surface area (Å²) in [4.78, 5) is 24.3. The van der Waals surface area contributed by atoms with Crippen molar-refractivity contribution in [2.75, 3.05) is 6.61 Å². The van der Waals surface area contributed by atoms with E-state index in [4.69, 9.17) is 4.74 Å². The summed E-state index contributed by atoms with van der Waals surface area (Å²) >= 11 is 0. The van der Waals surface area contributed by atoms with E-state index in [0.717, 1.165) is 28.7 Å². The van der Waals surface area contributed by atoms with E-state index in [2.05, 4.69) is 26.1 Å². The number of amides is 1. The Hall–Kier alpha value is -2.66. The molecule has 3 rings (SSSR count). The maximum atomic E-state index is 12.9. The molecule has 0 radical (unpaired) electrons. The fraction of sp³-hybridized carbons (Fsp3) is 0.391. The predicted octanol–water partition coefficient (Wildman–Crippen LogP) is 3.93. The van der Waals surface area contributed by atoms with E-state index in [0.29, 0.717) is 6.61 Å². The largest absolute Gasteiger partial charge is 0.481 e. The highest BCUT2D eigenvalue weighted by Gasteiger charge is 2.29. The predicted molar refractivity (Wildman–Crippen MR) is 107 cm³/mol. The molecule has 0 unspecified atom stereocenters. The normalized spacial score (nSPS) is 17.5. The molecule has 0 aliphatic carbocycles. The summed E-state index contributed by atoms with van der Waals surface area (Å²) < 4.78 is 5.71. The molecular weight excluding hydrogens is 354 g/mol. The Balaban J connectivity index is 1.82. The third-order valence-corrected chi connectivity index (χ3v) is 5.11. The quantitative estimate of drug-likeness (QED) is 0.823. The highest BCUT2D eigenvalue weighted by atomic mass is 16.5. The van der Waals surface area contributed by atoms with Gasteiger partial charge in [-0.2, -0.15) is 0 Å². The first kappa shape index (κ1) is 20.1. The number of rotatable bonds is 5. The molecule has 1 amide bonds. The number of carboxylic acid groups (broad SMARTS) is 1. The topological polar surface area (TPSA) is 75.6 Å². The molecule has 148 valence electrons. The van der Waals surface area contributed by atoms with Crippen LogP contribution in [0.2, 0.25) is 0 Å². The summed E-state index contributed by atoms with van der Waals surface area (Å²) in [6.45, 7) is 6.84. The number of carbonyl (C=O) groups is 2. The van der Waals surface area contributed by atoms with E-state index in [1.807, 2.05) is 48.5 Å². The number of carboxylic acids is 1. The van der Waals surface area contributed by atoms with Crippen LogP contribution in [0.25, 0.3) is 0 Å². The second-order valence-corrected chi connectivity index (χ2v) is 8.23. The van der Waals surface area contributed by atoms with Gasteiger partial charge in [0.25, 0.3) is 5.91 Å². The van der Waals surface area contributed by atoms with Crippen molar-refractivity contribution in [1.29, 1.82) is 0 Å². The number of ether oxygens (including phenoxy) is 1. The van der Waals surface area contributed by atoms with Crippen molar-refractivity contribution in [3.05, 3.63) is 70.8 Å². The van der Waals surface area contributed by atoms with Gasteiger partial charge >= 0.3 is 5.97 Å². The van der Waals surface area contributed by atoms with Gasteiger partial charge in [-0.3, -0.25) is 9.59 Å². The van der Waals surface area contributed by atoms with Crippen LogP contribution in [0.1, 0.15) is 61.6 Å². The standard InChI is InChI=1S/C23H27NO4/c1-23(2,3)17-10-8-16(9-11-17)19(14-20(25)26)24-22(27)21-18-7-5-4-6-15(18)12-13-28-21/h4-11,19,21H,12-14H2,1-3H3,(H,24,27)(H,25,26)/t19-,21-/m1/s1. The minimum Gasteiger partial charge on any atom is -0.481 e. The van der Waals surface area contributed by atoms with Crippen LogP contribution in [0.5, 0.6) is 0 Å². The second-order valence-electron chi connectivity index (χ2n) is 8.23. The molecule has 2 aromatic carbocycles. The fourth-order valence-electron chi connectivity index (χ4n) is 3.50. The van der Waals surface area contributed by atoms with Crippen molar-refractivity contribution < 1.29 is 19.4 Å². The van der Waals surface area contributed by atoms with Crippen LogP contribution in [0, 0.1) is 0 Å². The lowest BCUT2D eigenvalue weighted by atomic mass is 9.86. The maximum absolute atomic E-state index is 12.9. The van der Waals surface area contributed by atoms with Crippen LogP contribution in [-0.2, 0) is 26.2 Å². The van der Waals surface area contributed by atoms with Gasteiger partial charge < -0.3 is 15.2 Å². The number of carbonyl (C=O) groups excluding carboxylic acids is 1. The molecule has 0 fully saturated rings. The Kier molecular flexibility index (Phi) is 5.84. The molecular formula is C23H27NO4. The van der Waals surface area contributed by atoms with Crippen molar-refractivity contribution in [2.45, 2.75) is 51.2 Å². The van der Waals surface area contributed by atoms with Crippen LogP contribution < -0.4 is 5.32 Å². The molecule has 28 heavy (non-hydrogen) atoms. The number of aliphatic carboxylic acids is 1. The lowest BCUT2D eigenvalue weighted by Gasteiger charge is -2.27. The number of hydrogen-bond donors (Lipinski definition) is 2. The van der Waals surface area contributed by atoms with Crippen LogP contribution >= 0.6 is 0 Å². The minimum absolute atomic E-state index is 0.00369. The van der Waals surface area contributed by atoms with Crippen molar-refractivity contribution >= 4 is 11.9 Å². The van der Waals surface area contributed by atoms with Gasteiger partial charge in [0.05, 0.1) is 19.1 Å². The summed E-state index contributed by atoms with van der Waals surface area (Å²) in [7, 11) is 0. The SMILES string of the molecule is CC(C)(C)c1ccc([C@@H](CC(=O)O)NC(=O)[C@@H]2OCCc3ccccc32)cc1. The summed E-state index contributed by atoms with van der Waals surface area (Å²) in [5.74, 6) is -1.27. The fourth-order valence-corrected chi connectivity index (χ4v) is 3.50. The molecule has 1 aliphatic rings. The van der Waals surface area contributed by atoms with Crippen LogP contribution in [0.15, 0.2) is 48.5 Å². The van der Waals surface area contributed by atoms with E-state index in [-0.39, 0.29) is 17.7 Å². The molecule has 0 saturated carbocycles. The molecule has 2 aromatic rings. The van der Waals surface area contributed by atoms with Crippen LogP contribution in [0.3, 0.4) is 0 Å². The van der Waals surface area contributed by atoms with Gasteiger partial charge in [0.1, 0.15) is 0 Å². The summed E-state index contributed by atoms with van der Waals surface area (Å²) in [6.07, 6.45) is -0.128. The maximum Gasteiger partial charge on any atom is 0.305 e. The van der Waals surface area contributed by atoms with E-state index >= 15 is 0 Å². The van der Waals surface area contributed by atoms with Crippen LogP contribution in [0.4, 0.5) is 0 Å². The minimum atomic E-state index is -0.963. The van der Waals surface area contributed by atoms with E-state index in [9.17, 15) is 14.7 Å². The Bertz CT molecular complexity index is 852. The highest BCUT2D eigenvalue weighted by molar-refractivity contribution is 5.84. The van der Waals surface area contributed by atoms with Gasteiger partial charge in [0.2, 0.25) is 0 Å². The van der Waals surface area contributed by atoms with Gasteiger partial charge in [0, 0.05) is 0 Å². The van der Waals surface area contributed by atoms with Crippen molar-refractivity contribution in [1.82, 2.24) is 5.32 Å². The van der Waals surface area contributed by atoms with E-state index in [1.165, 1.54) is 0 Å². The molecule has 5 heteroatoms. The zero-order valence-electron chi connectivity index (χ0n) is 16.6. The molecule has 0 saturated heterocycles. The lowest BCUT2D eigenvalue weighted by Crippen LogP contribution is -2.37. The zero-order chi connectivity index (χ0) is 20.3. The van der Waals surface area contributed by atoms with E-state index < -0.39 is 18.1 Å². The summed E-state index contributed by atoms with van der Waals surface area (Å²) in [6, 6.07) is 14.9. The third kappa shape index (κ3) is 4.60. The third-order valence-electron chi connectivity index (χ3n) is 5.11. The Morgan fingerprint density at radius 3 is 2.46 bits per heavy atom. The lowest BCUT2D eigenvalue weighted by molar-refractivity contribution is -0.139. The molecule has 2 atom stereocenters. The monoisotopic (exact) mass is 381 g/mol. The molecule has 0 bridgehead atoms. The van der Waals surface area contributed by atoms with Gasteiger partial charge in [0.15, 0.2) is 6.10 Å². The Labute approximate surface area is 165 Å². The number of benzene rings is 2. The van der Waals surface area contributed by atoms with Crippen molar-refractivity contribution in [3.63, 3.8) is 0 Å². The van der Waals surface area contributed by atoms with Crippen LogP contribution in [-0.4, -0.2) is 23.6 Å². The molecule has 0 spiro atoms. The van der Waals surface area contributed by atoms with Gasteiger partial charge in [-0.1, -0.05) is 69.3 Å². The average Bonchev–Trinajstić information content (AvgIpc) is 2.66. The smallest absolute Gasteiger partial charge is 0.305 e. The molecule has 1 aliphatic heterocycles. The Morgan fingerprint density at radius 1 is 1.14 bits per heavy atom. The van der Waals surface area contributed by atoms with E-state index in [1.54, 1.807) is 0 Å². The second kappa shape index (κ2) is 8.15. The van der Waals surface area contributed by atoms with Gasteiger partial charge in [-0.15, -0.1) is 0 Å². The number of fused-ring (bicyclic) bond motifs is 1. The Morgan fingerprint density at radius 2 is 1.82 bits per heavy atom. The first-order valence-corrected chi connectivity index (χ1v) is 9.58. The molecule has 0 aromatic heterocycles.